The number of nitrogen functional groups attached to an aromatic ring is 1. The molecule has 0 spiro atoms. The number of anilines is 2. The van der Waals surface area contributed by atoms with Gasteiger partial charge in [-0.3, -0.25) is 0 Å². The van der Waals surface area contributed by atoms with Gasteiger partial charge in [0.1, 0.15) is 11.6 Å². The van der Waals surface area contributed by atoms with Gasteiger partial charge in [0.25, 0.3) is 0 Å². The van der Waals surface area contributed by atoms with Crippen molar-refractivity contribution < 1.29 is 8.42 Å². The summed E-state index contributed by atoms with van der Waals surface area (Å²) >= 11 is 0. The van der Waals surface area contributed by atoms with E-state index in [-0.39, 0.29) is 12.3 Å². The van der Waals surface area contributed by atoms with Crippen molar-refractivity contribution in [1.82, 2.24) is 9.71 Å². The third kappa shape index (κ3) is 4.01. The lowest BCUT2D eigenvalue weighted by Crippen LogP contribution is -2.26. The van der Waals surface area contributed by atoms with E-state index in [1.807, 2.05) is 0 Å². The molecule has 0 fully saturated rings. The van der Waals surface area contributed by atoms with Crippen molar-refractivity contribution in [2.45, 2.75) is 0 Å². The Morgan fingerprint density at radius 1 is 1.38 bits per heavy atom. The summed E-state index contributed by atoms with van der Waals surface area (Å²) in [7, 11) is -1.80. The molecular weight excluding hydrogens is 230 g/mol. The molecule has 1 aromatic rings. The first kappa shape index (κ1) is 12.7. The standard InChI is InChI=1S/C8H15N5O2S/c1-10-16(14,15)6-5-11-7-3-2-4-8(12-7)13-9/h2-4,10H,5-6,9H2,1H3,(H2,11,12,13). The lowest BCUT2D eigenvalue weighted by molar-refractivity contribution is 0.588. The van der Waals surface area contributed by atoms with Crippen LogP contribution in [0.2, 0.25) is 0 Å². The van der Waals surface area contributed by atoms with Crippen molar-refractivity contribution in [3.8, 4) is 0 Å². The predicted molar refractivity (Wildman–Crippen MR) is 63.4 cm³/mol. The van der Waals surface area contributed by atoms with E-state index in [4.69, 9.17) is 5.84 Å². The highest BCUT2D eigenvalue weighted by molar-refractivity contribution is 7.89. The largest absolute Gasteiger partial charge is 0.369 e. The lowest BCUT2D eigenvalue weighted by atomic mass is 10.4. The van der Waals surface area contributed by atoms with Crippen molar-refractivity contribution in [2.75, 3.05) is 30.1 Å². The Balaban J connectivity index is 2.49. The van der Waals surface area contributed by atoms with E-state index in [9.17, 15) is 8.42 Å². The Morgan fingerprint density at radius 2 is 2.06 bits per heavy atom. The number of nitrogens with zero attached hydrogens (tertiary/aromatic N) is 1. The molecule has 7 nitrogen and oxygen atoms in total. The zero-order valence-electron chi connectivity index (χ0n) is 8.90. The normalized spacial score (nSPS) is 11.1. The van der Waals surface area contributed by atoms with Crippen LogP contribution in [0.3, 0.4) is 0 Å². The molecule has 0 aromatic carbocycles. The minimum Gasteiger partial charge on any atom is -0.369 e. The molecule has 5 N–H and O–H groups in total. The molecule has 0 amide bonds. The molecule has 0 aliphatic heterocycles. The number of hydrazine groups is 1. The lowest BCUT2D eigenvalue weighted by Gasteiger charge is -2.07. The van der Waals surface area contributed by atoms with Gasteiger partial charge in [0, 0.05) is 6.54 Å². The Labute approximate surface area is 94.5 Å². The topological polar surface area (TPSA) is 109 Å². The molecule has 0 aliphatic carbocycles. The summed E-state index contributed by atoms with van der Waals surface area (Å²) in [5.74, 6) is 6.27. The van der Waals surface area contributed by atoms with Gasteiger partial charge in [-0.25, -0.2) is 24.0 Å². The summed E-state index contributed by atoms with van der Waals surface area (Å²) in [6.07, 6.45) is 0. The Hall–Kier alpha value is -1.38. The second-order valence-electron chi connectivity index (χ2n) is 3.00. The van der Waals surface area contributed by atoms with Crippen LogP contribution < -0.4 is 21.3 Å². The van der Waals surface area contributed by atoms with E-state index in [0.29, 0.717) is 11.6 Å². The highest BCUT2D eigenvalue weighted by Gasteiger charge is 2.05. The smallest absolute Gasteiger partial charge is 0.213 e. The van der Waals surface area contributed by atoms with Crippen molar-refractivity contribution in [1.29, 1.82) is 0 Å². The number of aromatic nitrogens is 1. The van der Waals surface area contributed by atoms with Crippen LogP contribution in [-0.2, 0) is 10.0 Å². The molecule has 0 unspecified atom stereocenters. The Kier molecular flexibility index (Phi) is 4.47. The van der Waals surface area contributed by atoms with E-state index in [1.54, 1.807) is 18.2 Å². The van der Waals surface area contributed by atoms with Crippen LogP contribution in [0.4, 0.5) is 11.6 Å². The van der Waals surface area contributed by atoms with Crippen LogP contribution in [0.1, 0.15) is 0 Å². The SMILES string of the molecule is CNS(=O)(=O)CCNc1cccc(NN)n1. The number of rotatable bonds is 6. The Morgan fingerprint density at radius 3 is 2.69 bits per heavy atom. The van der Waals surface area contributed by atoms with Crippen LogP contribution >= 0.6 is 0 Å². The minimum atomic E-state index is -3.19. The predicted octanol–water partition coefficient (Wildman–Crippen LogP) is -0.672. The van der Waals surface area contributed by atoms with Gasteiger partial charge in [-0.2, -0.15) is 0 Å². The van der Waals surface area contributed by atoms with Crippen LogP contribution in [0.25, 0.3) is 0 Å². The van der Waals surface area contributed by atoms with Crippen molar-refractivity contribution in [3.05, 3.63) is 18.2 Å². The van der Waals surface area contributed by atoms with E-state index in [1.165, 1.54) is 7.05 Å². The van der Waals surface area contributed by atoms with Crippen molar-refractivity contribution in [2.24, 2.45) is 5.84 Å². The van der Waals surface area contributed by atoms with Gasteiger partial charge < -0.3 is 10.7 Å². The summed E-state index contributed by atoms with van der Waals surface area (Å²) in [6, 6.07) is 5.19. The molecule has 0 radical (unpaired) electrons. The fourth-order valence-electron chi connectivity index (χ4n) is 1.03. The summed E-state index contributed by atoms with van der Waals surface area (Å²) in [6.45, 7) is 0.282. The van der Waals surface area contributed by atoms with Gasteiger partial charge in [-0.15, -0.1) is 0 Å². The van der Waals surface area contributed by atoms with Crippen LogP contribution in [0.5, 0.6) is 0 Å². The molecule has 0 atom stereocenters. The summed E-state index contributed by atoms with van der Waals surface area (Å²) in [5.41, 5.74) is 2.40. The molecule has 0 saturated heterocycles. The van der Waals surface area contributed by atoms with Gasteiger partial charge in [0.05, 0.1) is 5.75 Å². The third-order valence-corrected chi connectivity index (χ3v) is 3.25. The number of hydrogen-bond acceptors (Lipinski definition) is 6. The van der Waals surface area contributed by atoms with Gasteiger partial charge in [-0.1, -0.05) is 6.07 Å². The average molecular weight is 245 g/mol. The maximum absolute atomic E-state index is 11.1. The zero-order chi connectivity index (χ0) is 12.0. The first-order chi connectivity index (χ1) is 7.57. The average Bonchev–Trinajstić information content (AvgIpc) is 2.29. The fraction of sp³-hybridized carbons (Fsp3) is 0.375. The summed E-state index contributed by atoms with van der Waals surface area (Å²) in [4.78, 5) is 4.07. The highest BCUT2D eigenvalue weighted by atomic mass is 32.2. The molecule has 0 aliphatic rings. The van der Waals surface area contributed by atoms with E-state index >= 15 is 0 Å². The molecule has 1 rings (SSSR count). The number of pyridine rings is 1. The van der Waals surface area contributed by atoms with Gasteiger partial charge in [0.2, 0.25) is 10.0 Å². The van der Waals surface area contributed by atoms with E-state index in [2.05, 4.69) is 20.4 Å². The van der Waals surface area contributed by atoms with Crippen LogP contribution in [0.15, 0.2) is 18.2 Å². The van der Waals surface area contributed by atoms with E-state index in [0.717, 1.165) is 0 Å². The van der Waals surface area contributed by atoms with Gasteiger partial charge in [0.15, 0.2) is 0 Å². The van der Waals surface area contributed by atoms with Gasteiger partial charge >= 0.3 is 0 Å². The first-order valence-electron chi connectivity index (χ1n) is 4.66. The fourth-order valence-corrected chi connectivity index (χ4v) is 1.60. The summed E-state index contributed by atoms with van der Waals surface area (Å²) < 4.78 is 24.4. The number of hydrogen-bond donors (Lipinski definition) is 4. The maximum atomic E-state index is 11.1. The first-order valence-corrected chi connectivity index (χ1v) is 6.31. The van der Waals surface area contributed by atoms with Gasteiger partial charge in [-0.05, 0) is 19.2 Å². The molecule has 0 saturated carbocycles. The second kappa shape index (κ2) is 5.64. The van der Waals surface area contributed by atoms with Crippen molar-refractivity contribution in [3.63, 3.8) is 0 Å². The van der Waals surface area contributed by atoms with Crippen LogP contribution in [0, 0.1) is 0 Å². The number of sulfonamides is 1. The minimum absolute atomic E-state index is 0.00847. The Bertz CT molecular complexity index is 434. The zero-order valence-corrected chi connectivity index (χ0v) is 9.71. The molecular formula is C8H15N5O2S. The monoisotopic (exact) mass is 245 g/mol. The third-order valence-electron chi connectivity index (χ3n) is 1.88. The van der Waals surface area contributed by atoms with E-state index < -0.39 is 10.0 Å². The molecule has 16 heavy (non-hydrogen) atoms. The number of nitrogens with one attached hydrogen (secondary N) is 3. The molecule has 90 valence electrons. The van der Waals surface area contributed by atoms with Crippen LogP contribution in [-0.4, -0.2) is 32.7 Å². The summed E-state index contributed by atoms with van der Waals surface area (Å²) in [5, 5.41) is 2.88. The highest BCUT2D eigenvalue weighted by Crippen LogP contribution is 2.07. The second-order valence-corrected chi connectivity index (χ2v) is 5.05. The molecule has 0 bridgehead atoms. The molecule has 8 heteroatoms. The maximum Gasteiger partial charge on any atom is 0.213 e. The quantitative estimate of drug-likeness (QED) is 0.391. The van der Waals surface area contributed by atoms with Crippen molar-refractivity contribution >= 4 is 21.7 Å². The molecule has 1 heterocycles. The molecule has 1 aromatic heterocycles. The number of nitrogens with two attached hydrogens (primary N) is 1.